The molecule has 164 valence electrons. The first-order valence-electron chi connectivity index (χ1n) is 10.3. The number of thioether (sulfide) groups is 1. The van der Waals surface area contributed by atoms with Crippen molar-refractivity contribution in [3.8, 4) is 11.5 Å². The molecule has 0 aromatic heterocycles. The molecule has 0 saturated carbocycles. The molecule has 1 heterocycles. The highest BCUT2D eigenvalue weighted by Crippen LogP contribution is 2.42. The zero-order chi connectivity index (χ0) is 22.5. The average Bonchev–Trinajstić information content (AvgIpc) is 2.78. The van der Waals surface area contributed by atoms with Crippen LogP contribution in [0.2, 0.25) is 0 Å². The molecule has 0 spiro atoms. The van der Waals surface area contributed by atoms with Crippen LogP contribution in [0.25, 0.3) is 6.08 Å². The SMILES string of the molecule is CCOc1ccc(/C=C2/Sc3ccc(C(=O)N[C@@H](C)CC)cc3N(C)C2=O)cc1OC. The Kier molecular flexibility index (Phi) is 7.28. The topological polar surface area (TPSA) is 67.9 Å². The normalized spacial score (nSPS) is 15.5. The number of hydrogen-bond donors (Lipinski definition) is 1. The van der Waals surface area contributed by atoms with E-state index in [4.69, 9.17) is 9.47 Å². The number of anilines is 1. The molecule has 1 N–H and O–H groups in total. The molecule has 0 radical (unpaired) electrons. The van der Waals surface area contributed by atoms with E-state index in [-0.39, 0.29) is 17.9 Å². The molecule has 2 aromatic rings. The van der Waals surface area contributed by atoms with Gasteiger partial charge in [0, 0.05) is 23.5 Å². The molecule has 6 nitrogen and oxygen atoms in total. The third-order valence-corrected chi connectivity index (χ3v) is 6.17. The van der Waals surface area contributed by atoms with E-state index in [2.05, 4.69) is 5.32 Å². The number of carbonyl (C=O) groups is 2. The third-order valence-electron chi connectivity index (χ3n) is 5.09. The van der Waals surface area contributed by atoms with Crippen LogP contribution in [0.5, 0.6) is 11.5 Å². The highest BCUT2D eigenvalue weighted by atomic mass is 32.2. The highest BCUT2D eigenvalue weighted by molar-refractivity contribution is 8.04. The molecule has 0 saturated heterocycles. The van der Waals surface area contributed by atoms with Crippen molar-refractivity contribution in [3.05, 3.63) is 52.4 Å². The van der Waals surface area contributed by atoms with Crippen LogP contribution in [0.15, 0.2) is 46.2 Å². The van der Waals surface area contributed by atoms with Crippen molar-refractivity contribution in [1.82, 2.24) is 5.32 Å². The van der Waals surface area contributed by atoms with Crippen molar-refractivity contribution >= 4 is 35.3 Å². The van der Waals surface area contributed by atoms with Crippen LogP contribution in [0.4, 0.5) is 5.69 Å². The number of likely N-dealkylation sites (N-methyl/N-ethyl adjacent to an activating group) is 1. The fraction of sp³-hybridized carbons (Fsp3) is 0.333. The number of hydrogen-bond acceptors (Lipinski definition) is 5. The second-order valence-corrected chi connectivity index (χ2v) is 8.37. The predicted molar refractivity (Wildman–Crippen MR) is 125 cm³/mol. The molecule has 0 bridgehead atoms. The van der Waals surface area contributed by atoms with Gasteiger partial charge >= 0.3 is 0 Å². The van der Waals surface area contributed by atoms with Crippen molar-refractivity contribution in [2.24, 2.45) is 0 Å². The van der Waals surface area contributed by atoms with Crippen LogP contribution >= 0.6 is 11.8 Å². The van der Waals surface area contributed by atoms with Gasteiger partial charge in [-0.25, -0.2) is 0 Å². The molecule has 7 heteroatoms. The number of nitrogens with zero attached hydrogens (tertiary/aromatic N) is 1. The highest BCUT2D eigenvalue weighted by Gasteiger charge is 2.27. The standard InChI is InChI=1S/C24H28N2O4S/c1-6-15(3)25-23(27)17-9-11-21-18(14-17)26(4)24(28)22(31-21)13-16-8-10-19(30-7-2)20(12-16)29-5/h8-15H,6-7H2,1-5H3,(H,25,27)/b22-13+/t15-/m0/s1. The van der Waals surface area contributed by atoms with Gasteiger partial charge in [-0.2, -0.15) is 0 Å². The summed E-state index contributed by atoms with van der Waals surface area (Å²) >= 11 is 1.40. The Morgan fingerprint density at radius 3 is 2.65 bits per heavy atom. The first-order chi connectivity index (χ1) is 14.9. The molecule has 1 atom stereocenters. The van der Waals surface area contributed by atoms with E-state index < -0.39 is 0 Å². The number of fused-ring (bicyclic) bond motifs is 1. The van der Waals surface area contributed by atoms with Gasteiger partial charge in [-0.3, -0.25) is 9.59 Å². The van der Waals surface area contributed by atoms with Gasteiger partial charge in [0.25, 0.3) is 11.8 Å². The second kappa shape index (κ2) is 9.92. The van der Waals surface area contributed by atoms with E-state index in [1.165, 1.54) is 11.8 Å². The summed E-state index contributed by atoms with van der Waals surface area (Å²) in [5, 5.41) is 2.96. The average molecular weight is 441 g/mol. The van der Waals surface area contributed by atoms with E-state index in [9.17, 15) is 9.59 Å². The summed E-state index contributed by atoms with van der Waals surface area (Å²) in [7, 11) is 3.32. The van der Waals surface area contributed by atoms with Crippen LogP contribution in [0.3, 0.4) is 0 Å². The molecule has 0 aliphatic carbocycles. The number of ether oxygens (including phenoxy) is 2. The number of methoxy groups -OCH3 is 1. The van der Waals surface area contributed by atoms with E-state index in [1.54, 1.807) is 31.2 Å². The molecule has 2 amide bonds. The summed E-state index contributed by atoms with van der Waals surface area (Å²) in [6.07, 6.45) is 2.70. The van der Waals surface area contributed by atoms with Crippen molar-refractivity contribution in [2.45, 2.75) is 38.1 Å². The molecule has 31 heavy (non-hydrogen) atoms. The van der Waals surface area contributed by atoms with Crippen LogP contribution in [0, 0.1) is 0 Å². The first-order valence-corrected chi connectivity index (χ1v) is 11.1. The van der Waals surface area contributed by atoms with Crippen molar-refractivity contribution in [3.63, 3.8) is 0 Å². The minimum atomic E-state index is -0.133. The van der Waals surface area contributed by atoms with Gasteiger partial charge in [0.05, 0.1) is 24.3 Å². The molecule has 1 aliphatic heterocycles. The second-order valence-electron chi connectivity index (χ2n) is 7.28. The largest absolute Gasteiger partial charge is 0.493 e. The van der Waals surface area contributed by atoms with Gasteiger partial charge in [-0.05, 0) is 62.2 Å². The Morgan fingerprint density at radius 2 is 1.97 bits per heavy atom. The molecule has 1 aliphatic rings. The summed E-state index contributed by atoms with van der Waals surface area (Å²) < 4.78 is 11.0. The Hall–Kier alpha value is -2.93. The summed E-state index contributed by atoms with van der Waals surface area (Å²) in [5.74, 6) is 1.03. The number of carbonyl (C=O) groups excluding carboxylic acids is 2. The molecular formula is C24H28N2O4S. The number of amides is 2. The first kappa shape index (κ1) is 22.7. The minimum absolute atomic E-state index is 0.0953. The minimum Gasteiger partial charge on any atom is -0.493 e. The van der Waals surface area contributed by atoms with Gasteiger partial charge in [-0.1, -0.05) is 24.8 Å². The smallest absolute Gasteiger partial charge is 0.264 e. The van der Waals surface area contributed by atoms with Gasteiger partial charge in [0.2, 0.25) is 0 Å². The van der Waals surface area contributed by atoms with Crippen molar-refractivity contribution in [1.29, 1.82) is 0 Å². The monoisotopic (exact) mass is 440 g/mol. The van der Waals surface area contributed by atoms with Crippen LogP contribution in [0.1, 0.15) is 43.1 Å². The van der Waals surface area contributed by atoms with Gasteiger partial charge in [-0.15, -0.1) is 0 Å². The van der Waals surface area contributed by atoms with Crippen molar-refractivity contribution < 1.29 is 19.1 Å². The van der Waals surface area contributed by atoms with Crippen LogP contribution < -0.4 is 19.7 Å². The van der Waals surface area contributed by atoms with Crippen LogP contribution in [-0.2, 0) is 4.79 Å². The number of benzene rings is 2. The third kappa shape index (κ3) is 5.05. The lowest BCUT2D eigenvalue weighted by molar-refractivity contribution is -0.114. The quantitative estimate of drug-likeness (QED) is 0.631. The molecule has 0 fully saturated rings. The van der Waals surface area contributed by atoms with Crippen LogP contribution in [-0.4, -0.2) is 38.6 Å². The zero-order valence-electron chi connectivity index (χ0n) is 18.5. The molecule has 2 aromatic carbocycles. The van der Waals surface area contributed by atoms with E-state index >= 15 is 0 Å². The lowest BCUT2D eigenvalue weighted by Gasteiger charge is -2.27. The number of nitrogens with one attached hydrogen (secondary N) is 1. The maximum absolute atomic E-state index is 13.0. The number of rotatable bonds is 7. The molecule has 3 rings (SSSR count). The summed E-state index contributed by atoms with van der Waals surface area (Å²) in [6.45, 7) is 6.45. The lowest BCUT2D eigenvalue weighted by Crippen LogP contribution is -2.33. The van der Waals surface area contributed by atoms with Gasteiger partial charge in [0.1, 0.15) is 0 Å². The summed E-state index contributed by atoms with van der Waals surface area (Å²) in [6, 6.07) is 11.1. The maximum Gasteiger partial charge on any atom is 0.264 e. The lowest BCUT2D eigenvalue weighted by atomic mass is 10.1. The van der Waals surface area contributed by atoms with Gasteiger partial charge in [0.15, 0.2) is 11.5 Å². The fourth-order valence-electron chi connectivity index (χ4n) is 3.14. The van der Waals surface area contributed by atoms with E-state index in [0.29, 0.717) is 28.6 Å². The zero-order valence-corrected chi connectivity index (χ0v) is 19.3. The van der Waals surface area contributed by atoms with Gasteiger partial charge < -0.3 is 19.7 Å². The Morgan fingerprint density at radius 1 is 1.19 bits per heavy atom. The molecular weight excluding hydrogens is 412 g/mol. The Bertz CT molecular complexity index is 1020. The summed E-state index contributed by atoms with van der Waals surface area (Å²) in [4.78, 5) is 28.6. The van der Waals surface area contributed by atoms with E-state index in [0.717, 1.165) is 22.6 Å². The molecule has 0 unspecified atom stereocenters. The summed E-state index contributed by atoms with van der Waals surface area (Å²) in [5.41, 5.74) is 2.12. The van der Waals surface area contributed by atoms with Crippen molar-refractivity contribution in [2.75, 3.05) is 25.7 Å². The predicted octanol–water partition coefficient (Wildman–Crippen LogP) is 4.73. The Balaban J connectivity index is 1.88. The maximum atomic E-state index is 13.0. The Labute approximate surface area is 187 Å². The fourth-order valence-corrected chi connectivity index (χ4v) is 4.24. The van der Waals surface area contributed by atoms with E-state index in [1.807, 2.05) is 51.1 Å².